The summed E-state index contributed by atoms with van der Waals surface area (Å²) in [4.78, 5) is 17.0. The minimum absolute atomic E-state index is 0.0346. The van der Waals surface area contributed by atoms with Crippen LogP contribution in [0.2, 0.25) is 0 Å². The van der Waals surface area contributed by atoms with Gasteiger partial charge in [-0.05, 0) is 37.5 Å². The fourth-order valence-corrected chi connectivity index (χ4v) is 4.81. The molecule has 6 nitrogen and oxygen atoms in total. The van der Waals surface area contributed by atoms with Crippen molar-refractivity contribution in [2.24, 2.45) is 0 Å². The standard InChI is InChI=1S/C23H27N5OS/c1-17-11-13-19(14-12-17)28-22(27-15-7-8-16-27)24-25-23(28)30-20(21(29)26(2)3)18-9-5-4-6-10-18/h4-6,9-14,20H,7-8,15-16H2,1-3H3/t20-/m0/s1. The van der Waals surface area contributed by atoms with Crippen molar-refractivity contribution in [3.05, 3.63) is 65.7 Å². The molecule has 0 aliphatic carbocycles. The summed E-state index contributed by atoms with van der Waals surface area (Å²) in [5.74, 6) is 0.885. The quantitative estimate of drug-likeness (QED) is 0.561. The number of aryl methyl sites for hydroxylation is 1. The molecule has 1 fully saturated rings. The highest BCUT2D eigenvalue weighted by atomic mass is 32.2. The van der Waals surface area contributed by atoms with E-state index in [0.29, 0.717) is 0 Å². The molecule has 1 aliphatic heterocycles. The molecule has 2 aromatic carbocycles. The zero-order valence-corrected chi connectivity index (χ0v) is 18.5. The summed E-state index contributed by atoms with van der Waals surface area (Å²) in [6.07, 6.45) is 2.32. The number of thioether (sulfide) groups is 1. The number of aromatic nitrogens is 3. The Kier molecular flexibility index (Phi) is 6.08. The van der Waals surface area contributed by atoms with Crippen LogP contribution in [-0.2, 0) is 4.79 Å². The number of hydrogen-bond donors (Lipinski definition) is 0. The number of hydrogen-bond acceptors (Lipinski definition) is 5. The number of amides is 1. The first-order valence-corrected chi connectivity index (χ1v) is 11.1. The van der Waals surface area contributed by atoms with Gasteiger partial charge in [-0.25, -0.2) is 0 Å². The highest BCUT2D eigenvalue weighted by Crippen LogP contribution is 2.38. The van der Waals surface area contributed by atoms with Gasteiger partial charge in [0.25, 0.3) is 0 Å². The molecule has 30 heavy (non-hydrogen) atoms. The molecule has 1 saturated heterocycles. The van der Waals surface area contributed by atoms with Crippen molar-refractivity contribution in [2.45, 2.75) is 30.2 Å². The van der Waals surface area contributed by atoms with E-state index in [-0.39, 0.29) is 11.2 Å². The molecule has 1 amide bonds. The molecule has 0 unspecified atom stereocenters. The lowest BCUT2D eigenvalue weighted by Crippen LogP contribution is -2.27. The van der Waals surface area contributed by atoms with Crippen molar-refractivity contribution < 1.29 is 4.79 Å². The van der Waals surface area contributed by atoms with E-state index in [4.69, 9.17) is 0 Å². The van der Waals surface area contributed by atoms with Crippen molar-refractivity contribution in [1.29, 1.82) is 0 Å². The first kappa shape index (κ1) is 20.5. The molecule has 2 heterocycles. The van der Waals surface area contributed by atoms with Crippen LogP contribution in [0.1, 0.15) is 29.2 Å². The molecule has 3 aromatic rings. The molecule has 0 N–H and O–H groups in total. The number of nitrogens with zero attached hydrogens (tertiary/aromatic N) is 5. The number of carbonyl (C=O) groups is 1. The van der Waals surface area contributed by atoms with Gasteiger partial charge in [-0.15, -0.1) is 10.2 Å². The van der Waals surface area contributed by atoms with Crippen molar-refractivity contribution in [3.8, 4) is 5.69 Å². The maximum Gasteiger partial charge on any atom is 0.240 e. The second-order valence-corrected chi connectivity index (χ2v) is 8.86. The first-order valence-electron chi connectivity index (χ1n) is 10.2. The van der Waals surface area contributed by atoms with E-state index < -0.39 is 0 Å². The van der Waals surface area contributed by atoms with Gasteiger partial charge in [0.15, 0.2) is 5.16 Å². The average molecular weight is 422 g/mol. The monoisotopic (exact) mass is 421 g/mol. The normalized spacial score (nSPS) is 14.7. The van der Waals surface area contributed by atoms with Gasteiger partial charge in [0, 0.05) is 27.2 Å². The van der Waals surface area contributed by atoms with E-state index in [9.17, 15) is 4.79 Å². The molecule has 1 atom stereocenters. The third kappa shape index (κ3) is 4.21. The maximum atomic E-state index is 13.0. The molecular weight excluding hydrogens is 394 g/mol. The third-order valence-electron chi connectivity index (χ3n) is 5.29. The molecular formula is C23H27N5OS. The van der Waals surface area contributed by atoms with Gasteiger partial charge in [-0.2, -0.15) is 0 Å². The van der Waals surface area contributed by atoms with Crippen molar-refractivity contribution in [2.75, 3.05) is 32.1 Å². The van der Waals surface area contributed by atoms with E-state index in [1.165, 1.54) is 17.3 Å². The van der Waals surface area contributed by atoms with E-state index in [1.54, 1.807) is 19.0 Å². The maximum absolute atomic E-state index is 13.0. The van der Waals surface area contributed by atoms with Crippen LogP contribution in [0.3, 0.4) is 0 Å². The van der Waals surface area contributed by atoms with Crippen LogP contribution in [0, 0.1) is 6.92 Å². The fraction of sp³-hybridized carbons (Fsp3) is 0.348. The van der Waals surface area contributed by atoms with Crippen LogP contribution in [0.4, 0.5) is 5.95 Å². The van der Waals surface area contributed by atoms with Gasteiger partial charge in [-0.1, -0.05) is 59.8 Å². The fourth-order valence-electron chi connectivity index (χ4n) is 3.61. The molecule has 0 saturated carbocycles. The molecule has 0 radical (unpaired) electrons. The van der Waals surface area contributed by atoms with Crippen molar-refractivity contribution in [3.63, 3.8) is 0 Å². The topological polar surface area (TPSA) is 54.3 Å². The predicted molar refractivity (Wildman–Crippen MR) is 121 cm³/mol. The third-order valence-corrected chi connectivity index (χ3v) is 6.47. The van der Waals surface area contributed by atoms with Gasteiger partial charge in [0.1, 0.15) is 5.25 Å². The van der Waals surface area contributed by atoms with Gasteiger partial charge in [0.2, 0.25) is 11.9 Å². The molecule has 1 aliphatic rings. The molecule has 1 aromatic heterocycles. The Morgan fingerprint density at radius 1 is 1.00 bits per heavy atom. The van der Waals surface area contributed by atoms with E-state index in [2.05, 4.69) is 50.9 Å². The van der Waals surface area contributed by atoms with Gasteiger partial charge >= 0.3 is 0 Å². The molecule has 7 heteroatoms. The smallest absolute Gasteiger partial charge is 0.240 e. The summed E-state index contributed by atoms with van der Waals surface area (Å²) in [5, 5.41) is 9.41. The second-order valence-electron chi connectivity index (χ2n) is 7.79. The lowest BCUT2D eigenvalue weighted by molar-refractivity contribution is -0.128. The Balaban J connectivity index is 1.77. The van der Waals surface area contributed by atoms with Gasteiger partial charge in [-0.3, -0.25) is 9.36 Å². The summed E-state index contributed by atoms with van der Waals surface area (Å²) in [7, 11) is 3.58. The zero-order chi connectivity index (χ0) is 21.1. The van der Waals surface area contributed by atoms with Crippen LogP contribution in [0.5, 0.6) is 0 Å². The Morgan fingerprint density at radius 2 is 1.67 bits per heavy atom. The van der Waals surface area contributed by atoms with Gasteiger partial charge < -0.3 is 9.80 Å². The average Bonchev–Trinajstić information content (AvgIpc) is 3.42. The summed E-state index contributed by atoms with van der Waals surface area (Å²) in [5.41, 5.74) is 3.18. The Labute approximate surface area is 181 Å². The minimum atomic E-state index is -0.388. The number of likely N-dealkylation sites (N-methyl/N-ethyl adjacent to an activating group) is 1. The number of anilines is 1. The van der Waals surface area contributed by atoms with E-state index in [0.717, 1.165) is 48.3 Å². The van der Waals surface area contributed by atoms with E-state index in [1.807, 2.05) is 30.3 Å². The SMILES string of the molecule is Cc1ccc(-n2c(S[C@H](C(=O)N(C)C)c3ccccc3)nnc2N2CCCC2)cc1. The van der Waals surface area contributed by atoms with Crippen LogP contribution in [0.15, 0.2) is 59.8 Å². The molecule has 0 bridgehead atoms. The summed E-state index contributed by atoms with van der Waals surface area (Å²) in [6.45, 7) is 4.04. The minimum Gasteiger partial charge on any atom is -0.348 e. The van der Waals surface area contributed by atoms with Crippen LogP contribution in [-0.4, -0.2) is 52.8 Å². The summed E-state index contributed by atoms with van der Waals surface area (Å²) >= 11 is 1.46. The van der Waals surface area contributed by atoms with Crippen LogP contribution >= 0.6 is 11.8 Å². The van der Waals surface area contributed by atoms with Crippen LogP contribution < -0.4 is 4.90 Å². The Hall–Kier alpha value is -2.80. The summed E-state index contributed by atoms with van der Waals surface area (Å²) < 4.78 is 2.09. The zero-order valence-electron chi connectivity index (χ0n) is 17.7. The Morgan fingerprint density at radius 3 is 2.30 bits per heavy atom. The first-order chi connectivity index (χ1) is 14.5. The van der Waals surface area contributed by atoms with Crippen LogP contribution in [0.25, 0.3) is 5.69 Å². The second kappa shape index (κ2) is 8.92. The molecule has 156 valence electrons. The lowest BCUT2D eigenvalue weighted by Gasteiger charge is -2.22. The highest BCUT2D eigenvalue weighted by molar-refractivity contribution is 8.00. The number of carbonyl (C=O) groups excluding carboxylic acids is 1. The van der Waals surface area contributed by atoms with Crippen molar-refractivity contribution >= 4 is 23.6 Å². The molecule has 4 rings (SSSR count). The summed E-state index contributed by atoms with van der Waals surface area (Å²) in [6, 6.07) is 18.2. The number of benzene rings is 2. The van der Waals surface area contributed by atoms with Gasteiger partial charge in [0.05, 0.1) is 5.69 Å². The Bertz CT molecular complexity index is 994. The largest absolute Gasteiger partial charge is 0.348 e. The van der Waals surface area contributed by atoms with Crippen molar-refractivity contribution in [1.82, 2.24) is 19.7 Å². The van der Waals surface area contributed by atoms with E-state index >= 15 is 0 Å². The number of rotatable bonds is 6. The lowest BCUT2D eigenvalue weighted by atomic mass is 10.1. The highest BCUT2D eigenvalue weighted by Gasteiger charge is 2.29. The predicted octanol–water partition coefficient (Wildman–Crippen LogP) is 4.10. The molecule has 0 spiro atoms.